The number of nitrogens with two attached hydrogens (primary N) is 1. The van der Waals surface area contributed by atoms with E-state index in [4.69, 9.17) is 10.7 Å². The van der Waals surface area contributed by atoms with Gasteiger partial charge < -0.3 is 5.73 Å². The molecule has 1 aromatic carbocycles. The molecule has 2 heterocycles. The topological polar surface area (TPSA) is 43.3 Å². The third-order valence-electron chi connectivity index (χ3n) is 3.54. The first kappa shape index (κ1) is 14.2. The molecule has 0 unspecified atom stereocenters. The van der Waals surface area contributed by atoms with Gasteiger partial charge in [-0.2, -0.15) is 0 Å². The van der Waals surface area contributed by atoms with Crippen LogP contribution in [-0.4, -0.2) is 9.38 Å². The summed E-state index contributed by atoms with van der Waals surface area (Å²) in [6, 6.07) is 6.40. The first-order valence-corrected chi connectivity index (χ1v) is 7.75. The second kappa shape index (κ2) is 4.93. The minimum absolute atomic E-state index is 0.0168. The van der Waals surface area contributed by atoms with Crippen molar-refractivity contribution >= 4 is 16.3 Å². The number of rotatable bonds is 2. The SMILES string of the molecule is CC(C)(C)c1csc2nc(-c3ccc(F)cc3)c(CN)n12. The summed E-state index contributed by atoms with van der Waals surface area (Å²) in [6.45, 7) is 6.92. The van der Waals surface area contributed by atoms with Crippen LogP contribution in [0.3, 0.4) is 0 Å². The van der Waals surface area contributed by atoms with E-state index < -0.39 is 0 Å². The summed E-state index contributed by atoms with van der Waals surface area (Å²) in [4.78, 5) is 5.63. The van der Waals surface area contributed by atoms with Crippen LogP contribution in [0.5, 0.6) is 0 Å². The molecule has 0 aliphatic carbocycles. The molecule has 0 fully saturated rings. The van der Waals surface area contributed by atoms with Gasteiger partial charge in [0, 0.05) is 28.6 Å². The van der Waals surface area contributed by atoms with E-state index >= 15 is 0 Å². The summed E-state index contributed by atoms with van der Waals surface area (Å²) in [5, 5.41) is 2.13. The van der Waals surface area contributed by atoms with Gasteiger partial charge in [0.2, 0.25) is 0 Å². The molecule has 0 aliphatic heterocycles. The Labute approximate surface area is 127 Å². The number of fused-ring (bicyclic) bond motifs is 1. The molecular formula is C16H18FN3S. The van der Waals surface area contributed by atoms with Gasteiger partial charge in [-0.05, 0) is 24.3 Å². The van der Waals surface area contributed by atoms with Gasteiger partial charge in [0.15, 0.2) is 4.96 Å². The van der Waals surface area contributed by atoms with Crippen molar-refractivity contribution in [1.29, 1.82) is 0 Å². The molecule has 3 aromatic rings. The third kappa shape index (κ3) is 2.36. The fourth-order valence-electron chi connectivity index (χ4n) is 2.46. The maximum absolute atomic E-state index is 13.1. The van der Waals surface area contributed by atoms with Crippen LogP contribution in [0.15, 0.2) is 29.6 Å². The van der Waals surface area contributed by atoms with Crippen molar-refractivity contribution in [1.82, 2.24) is 9.38 Å². The van der Waals surface area contributed by atoms with E-state index in [0.29, 0.717) is 6.54 Å². The van der Waals surface area contributed by atoms with Crippen LogP contribution in [0.2, 0.25) is 0 Å². The van der Waals surface area contributed by atoms with E-state index in [1.165, 1.54) is 17.8 Å². The molecular weight excluding hydrogens is 285 g/mol. The molecule has 5 heteroatoms. The summed E-state index contributed by atoms with van der Waals surface area (Å²) in [6.07, 6.45) is 0. The van der Waals surface area contributed by atoms with E-state index in [1.54, 1.807) is 23.5 Å². The van der Waals surface area contributed by atoms with E-state index in [0.717, 1.165) is 21.9 Å². The lowest BCUT2D eigenvalue weighted by molar-refractivity contribution is 0.561. The van der Waals surface area contributed by atoms with Crippen molar-refractivity contribution in [3.8, 4) is 11.3 Å². The lowest BCUT2D eigenvalue weighted by Gasteiger charge is -2.18. The molecule has 2 N–H and O–H groups in total. The molecule has 0 saturated carbocycles. The molecule has 0 aliphatic rings. The van der Waals surface area contributed by atoms with Crippen molar-refractivity contribution in [2.45, 2.75) is 32.7 Å². The Morgan fingerprint density at radius 1 is 1.24 bits per heavy atom. The monoisotopic (exact) mass is 303 g/mol. The molecule has 0 amide bonds. The Balaban J connectivity index is 2.25. The zero-order valence-electron chi connectivity index (χ0n) is 12.4. The lowest BCUT2D eigenvalue weighted by Crippen LogP contribution is -2.16. The Morgan fingerprint density at radius 2 is 1.90 bits per heavy atom. The zero-order valence-corrected chi connectivity index (χ0v) is 13.2. The standard InChI is InChI=1S/C16H18FN3S/c1-16(2,3)13-9-21-15-19-14(12(8-18)20(13)15)10-4-6-11(17)7-5-10/h4-7,9H,8,18H2,1-3H3. The van der Waals surface area contributed by atoms with E-state index in [-0.39, 0.29) is 11.2 Å². The largest absolute Gasteiger partial charge is 0.325 e. The number of hydrogen-bond donors (Lipinski definition) is 1. The molecule has 0 saturated heterocycles. The highest BCUT2D eigenvalue weighted by atomic mass is 32.1. The average molecular weight is 303 g/mol. The normalized spacial score (nSPS) is 12.2. The molecule has 0 radical (unpaired) electrons. The number of benzene rings is 1. The molecule has 0 atom stereocenters. The first-order chi connectivity index (χ1) is 9.91. The van der Waals surface area contributed by atoms with Gasteiger partial charge in [0.05, 0.1) is 11.4 Å². The number of imidazole rings is 1. The van der Waals surface area contributed by atoms with Crippen molar-refractivity contribution in [3.63, 3.8) is 0 Å². The van der Waals surface area contributed by atoms with Gasteiger partial charge in [-0.3, -0.25) is 4.40 Å². The van der Waals surface area contributed by atoms with Crippen LogP contribution < -0.4 is 5.73 Å². The number of thiazole rings is 1. The van der Waals surface area contributed by atoms with Crippen LogP contribution >= 0.6 is 11.3 Å². The Kier molecular flexibility index (Phi) is 3.34. The Morgan fingerprint density at radius 3 is 2.48 bits per heavy atom. The quantitative estimate of drug-likeness (QED) is 0.778. The molecule has 3 nitrogen and oxygen atoms in total. The fraction of sp³-hybridized carbons (Fsp3) is 0.312. The van der Waals surface area contributed by atoms with Gasteiger partial charge in [-0.25, -0.2) is 9.37 Å². The maximum Gasteiger partial charge on any atom is 0.194 e. The second-order valence-corrected chi connectivity index (χ2v) is 6.94. The van der Waals surface area contributed by atoms with E-state index in [9.17, 15) is 4.39 Å². The van der Waals surface area contributed by atoms with Crippen molar-refractivity contribution in [2.75, 3.05) is 0 Å². The Bertz CT molecular complexity index is 778. The van der Waals surface area contributed by atoms with E-state index in [2.05, 4.69) is 30.6 Å². The van der Waals surface area contributed by atoms with Gasteiger partial charge in [0.25, 0.3) is 0 Å². The van der Waals surface area contributed by atoms with Crippen LogP contribution in [0.4, 0.5) is 4.39 Å². The minimum Gasteiger partial charge on any atom is -0.325 e. The molecule has 0 bridgehead atoms. The molecule has 110 valence electrons. The fourth-order valence-corrected chi connectivity index (χ4v) is 3.59. The summed E-state index contributed by atoms with van der Waals surface area (Å²) in [5.74, 6) is -0.246. The van der Waals surface area contributed by atoms with Crippen molar-refractivity contribution in [3.05, 3.63) is 46.9 Å². The van der Waals surface area contributed by atoms with Gasteiger partial charge in [-0.1, -0.05) is 20.8 Å². The lowest BCUT2D eigenvalue weighted by atomic mass is 9.93. The highest BCUT2D eigenvalue weighted by Crippen LogP contribution is 2.33. The van der Waals surface area contributed by atoms with Crippen LogP contribution in [0.25, 0.3) is 16.2 Å². The van der Waals surface area contributed by atoms with Gasteiger partial charge >= 0.3 is 0 Å². The summed E-state index contributed by atoms with van der Waals surface area (Å²) in [5.41, 5.74) is 9.90. The number of nitrogens with zero attached hydrogens (tertiary/aromatic N) is 2. The maximum atomic E-state index is 13.1. The van der Waals surface area contributed by atoms with Crippen LogP contribution in [0, 0.1) is 5.82 Å². The van der Waals surface area contributed by atoms with Crippen LogP contribution in [0.1, 0.15) is 32.2 Å². The van der Waals surface area contributed by atoms with Gasteiger partial charge in [-0.15, -0.1) is 11.3 Å². The number of halogens is 1. The molecule has 2 aromatic heterocycles. The smallest absolute Gasteiger partial charge is 0.194 e. The number of hydrogen-bond acceptors (Lipinski definition) is 3. The second-order valence-electron chi connectivity index (χ2n) is 6.11. The van der Waals surface area contributed by atoms with Crippen LogP contribution in [-0.2, 0) is 12.0 Å². The molecule has 0 spiro atoms. The average Bonchev–Trinajstić information content (AvgIpc) is 2.96. The predicted molar refractivity (Wildman–Crippen MR) is 85.1 cm³/mol. The predicted octanol–water partition coefficient (Wildman–Crippen LogP) is 3.96. The summed E-state index contributed by atoms with van der Waals surface area (Å²) in [7, 11) is 0. The van der Waals surface area contributed by atoms with Crippen molar-refractivity contribution < 1.29 is 4.39 Å². The van der Waals surface area contributed by atoms with E-state index in [1.807, 2.05) is 0 Å². The minimum atomic E-state index is -0.246. The third-order valence-corrected chi connectivity index (χ3v) is 4.36. The zero-order chi connectivity index (χ0) is 15.2. The summed E-state index contributed by atoms with van der Waals surface area (Å²) < 4.78 is 15.2. The molecule has 3 rings (SSSR count). The number of aromatic nitrogens is 2. The Hall–Kier alpha value is -1.72. The highest BCUT2D eigenvalue weighted by molar-refractivity contribution is 7.15. The highest BCUT2D eigenvalue weighted by Gasteiger charge is 2.23. The van der Waals surface area contributed by atoms with Gasteiger partial charge in [0.1, 0.15) is 5.82 Å². The summed E-state index contributed by atoms with van der Waals surface area (Å²) >= 11 is 1.61. The van der Waals surface area contributed by atoms with Crippen molar-refractivity contribution in [2.24, 2.45) is 5.73 Å². The first-order valence-electron chi connectivity index (χ1n) is 6.87. The molecule has 21 heavy (non-hydrogen) atoms.